The Hall–Kier alpha value is -0.440. The van der Waals surface area contributed by atoms with E-state index in [4.69, 9.17) is 4.74 Å². The highest BCUT2D eigenvalue weighted by atomic mass is 32.1. The number of ether oxygens (including phenoxy) is 1. The second kappa shape index (κ2) is 9.13. The summed E-state index contributed by atoms with van der Waals surface area (Å²) in [5, 5.41) is 1.41. The lowest BCUT2D eigenvalue weighted by Crippen LogP contribution is -2.13. The number of carbonyl (C=O) groups excluding carboxylic acids is 1. The third-order valence-electron chi connectivity index (χ3n) is 2.27. The average Bonchev–Trinajstić information content (AvgIpc) is 2.19. The molecule has 14 heavy (non-hydrogen) atoms. The predicted molar refractivity (Wildman–Crippen MR) is 62.5 cm³/mol. The van der Waals surface area contributed by atoms with Gasteiger partial charge in [0.1, 0.15) is 0 Å². The Morgan fingerprint density at radius 2 is 2.21 bits per heavy atom. The van der Waals surface area contributed by atoms with Gasteiger partial charge in [-0.05, 0) is 17.7 Å². The molecule has 3 heteroatoms. The molecule has 0 heterocycles. The third-order valence-corrected chi connectivity index (χ3v) is 2.44. The van der Waals surface area contributed by atoms with E-state index in [0.29, 0.717) is 12.5 Å². The number of carbonyl (C=O) groups is 1. The van der Waals surface area contributed by atoms with Gasteiger partial charge in [0, 0.05) is 0 Å². The van der Waals surface area contributed by atoms with Crippen LogP contribution < -0.4 is 0 Å². The summed E-state index contributed by atoms with van der Waals surface area (Å²) >= 11 is 4.58. The van der Waals surface area contributed by atoms with Gasteiger partial charge in [-0.25, -0.2) is 0 Å². The van der Waals surface area contributed by atoms with Crippen molar-refractivity contribution in [2.75, 3.05) is 6.61 Å². The van der Waals surface area contributed by atoms with Crippen molar-refractivity contribution in [1.82, 2.24) is 0 Å². The van der Waals surface area contributed by atoms with E-state index in [1.165, 1.54) is 18.2 Å². The summed E-state index contributed by atoms with van der Waals surface area (Å²) in [6, 6.07) is 0. The van der Waals surface area contributed by atoms with Crippen molar-refractivity contribution in [3.8, 4) is 0 Å². The summed E-state index contributed by atoms with van der Waals surface area (Å²) in [6.07, 6.45) is 4.88. The topological polar surface area (TPSA) is 26.3 Å². The Kier molecular flexibility index (Phi) is 8.84. The highest BCUT2D eigenvalue weighted by molar-refractivity contribution is 7.79. The monoisotopic (exact) mass is 216 g/mol. The van der Waals surface area contributed by atoms with Crippen molar-refractivity contribution < 1.29 is 9.53 Å². The summed E-state index contributed by atoms with van der Waals surface area (Å²) in [5.41, 5.74) is 0. The maximum absolute atomic E-state index is 11.0. The minimum absolute atomic E-state index is 0.199. The van der Waals surface area contributed by atoms with Gasteiger partial charge in [-0.1, -0.05) is 45.3 Å². The number of esters is 1. The molecule has 0 aromatic heterocycles. The fourth-order valence-electron chi connectivity index (χ4n) is 1.24. The molecule has 1 atom stereocenters. The molecule has 0 aliphatic carbocycles. The van der Waals surface area contributed by atoms with Crippen LogP contribution in [0.4, 0.5) is 0 Å². The molecular weight excluding hydrogens is 196 g/mol. The van der Waals surface area contributed by atoms with Gasteiger partial charge < -0.3 is 4.74 Å². The van der Waals surface area contributed by atoms with Crippen molar-refractivity contribution in [3.05, 3.63) is 0 Å². The first-order chi connectivity index (χ1) is 6.74. The normalized spacial score (nSPS) is 12.1. The van der Waals surface area contributed by atoms with E-state index in [2.05, 4.69) is 26.1 Å². The average molecular weight is 216 g/mol. The van der Waals surface area contributed by atoms with Gasteiger partial charge in [-0.2, -0.15) is 0 Å². The van der Waals surface area contributed by atoms with Crippen LogP contribution in [-0.4, -0.2) is 17.9 Å². The molecule has 0 aromatic carbocycles. The fourth-order valence-corrected chi connectivity index (χ4v) is 1.37. The van der Waals surface area contributed by atoms with Crippen LogP contribution >= 0.6 is 12.2 Å². The zero-order chi connectivity index (χ0) is 10.8. The van der Waals surface area contributed by atoms with Crippen LogP contribution in [-0.2, 0) is 9.53 Å². The lowest BCUT2D eigenvalue weighted by atomic mass is 10.0. The lowest BCUT2D eigenvalue weighted by Gasteiger charge is -2.13. The number of rotatable bonds is 8. The summed E-state index contributed by atoms with van der Waals surface area (Å²) in [7, 11) is 0. The minimum Gasteiger partial charge on any atom is -0.465 e. The zero-order valence-corrected chi connectivity index (χ0v) is 9.94. The largest absolute Gasteiger partial charge is 0.465 e. The summed E-state index contributed by atoms with van der Waals surface area (Å²) < 4.78 is 5.10. The smallest absolute Gasteiger partial charge is 0.310 e. The molecule has 0 aromatic rings. The zero-order valence-electron chi connectivity index (χ0n) is 9.12. The Morgan fingerprint density at radius 1 is 1.50 bits per heavy atom. The van der Waals surface area contributed by atoms with E-state index in [1.54, 1.807) is 0 Å². The van der Waals surface area contributed by atoms with E-state index in [0.717, 1.165) is 12.8 Å². The first kappa shape index (κ1) is 13.6. The van der Waals surface area contributed by atoms with Crippen molar-refractivity contribution in [2.24, 2.45) is 5.92 Å². The summed E-state index contributed by atoms with van der Waals surface area (Å²) in [5.74, 6) is 0.318. The van der Waals surface area contributed by atoms with Crippen LogP contribution in [0, 0.1) is 5.92 Å². The van der Waals surface area contributed by atoms with Gasteiger partial charge in [-0.3, -0.25) is 4.79 Å². The van der Waals surface area contributed by atoms with Crippen LogP contribution in [0.2, 0.25) is 0 Å². The number of thiocarbonyl (C=S) groups is 1. The SMILES string of the molecule is CCCCC(CC)COC(=O)CC=S. The van der Waals surface area contributed by atoms with Gasteiger partial charge in [0.2, 0.25) is 0 Å². The molecule has 0 aliphatic rings. The van der Waals surface area contributed by atoms with E-state index in [1.807, 2.05) is 0 Å². The second-order valence-corrected chi connectivity index (χ2v) is 3.80. The van der Waals surface area contributed by atoms with E-state index >= 15 is 0 Å². The first-order valence-corrected chi connectivity index (χ1v) is 5.80. The molecule has 1 unspecified atom stereocenters. The molecule has 0 saturated carbocycles. The minimum atomic E-state index is -0.199. The molecule has 0 radical (unpaired) electrons. The van der Waals surface area contributed by atoms with E-state index in [-0.39, 0.29) is 12.4 Å². The van der Waals surface area contributed by atoms with Gasteiger partial charge in [0.25, 0.3) is 0 Å². The molecule has 82 valence electrons. The van der Waals surface area contributed by atoms with Crippen molar-refractivity contribution in [3.63, 3.8) is 0 Å². The van der Waals surface area contributed by atoms with Crippen LogP contribution in [0.1, 0.15) is 46.0 Å². The van der Waals surface area contributed by atoms with Gasteiger partial charge in [-0.15, -0.1) is 0 Å². The van der Waals surface area contributed by atoms with Crippen molar-refractivity contribution in [2.45, 2.75) is 46.0 Å². The van der Waals surface area contributed by atoms with Crippen molar-refractivity contribution >= 4 is 23.6 Å². The third kappa shape index (κ3) is 7.01. The molecule has 0 bridgehead atoms. The van der Waals surface area contributed by atoms with Crippen LogP contribution in [0.25, 0.3) is 0 Å². The maximum Gasteiger partial charge on any atom is 0.310 e. The van der Waals surface area contributed by atoms with Crippen LogP contribution in [0.5, 0.6) is 0 Å². The number of hydrogen-bond acceptors (Lipinski definition) is 3. The van der Waals surface area contributed by atoms with Crippen molar-refractivity contribution in [1.29, 1.82) is 0 Å². The Morgan fingerprint density at radius 3 is 2.71 bits per heavy atom. The Balaban J connectivity index is 3.60. The summed E-state index contributed by atoms with van der Waals surface area (Å²) in [6.45, 7) is 4.86. The molecule has 0 aliphatic heterocycles. The maximum atomic E-state index is 11.0. The molecule has 0 fully saturated rings. The van der Waals surface area contributed by atoms with E-state index in [9.17, 15) is 4.79 Å². The molecule has 0 N–H and O–H groups in total. The highest BCUT2D eigenvalue weighted by Crippen LogP contribution is 2.12. The fraction of sp³-hybridized carbons (Fsp3) is 0.818. The lowest BCUT2D eigenvalue weighted by molar-refractivity contribution is -0.143. The first-order valence-electron chi connectivity index (χ1n) is 5.33. The molecular formula is C11H20O2S. The molecule has 0 amide bonds. The van der Waals surface area contributed by atoms with Gasteiger partial charge in [0.05, 0.1) is 13.0 Å². The van der Waals surface area contributed by atoms with Crippen LogP contribution in [0.3, 0.4) is 0 Å². The predicted octanol–water partition coefficient (Wildman–Crippen LogP) is 3.14. The molecule has 2 nitrogen and oxygen atoms in total. The molecule has 0 rings (SSSR count). The Bertz CT molecular complexity index is 169. The molecule has 0 spiro atoms. The molecule has 0 saturated heterocycles. The Labute approximate surface area is 92.0 Å². The quantitative estimate of drug-likeness (QED) is 0.460. The van der Waals surface area contributed by atoms with Gasteiger partial charge >= 0.3 is 5.97 Å². The highest BCUT2D eigenvalue weighted by Gasteiger charge is 2.08. The second-order valence-electron chi connectivity index (χ2n) is 3.47. The number of unbranched alkanes of at least 4 members (excludes halogenated alkanes) is 1. The van der Waals surface area contributed by atoms with E-state index < -0.39 is 0 Å². The number of hydrogen-bond donors (Lipinski definition) is 0. The van der Waals surface area contributed by atoms with Gasteiger partial charge in [0.15, 0.2) is 0 Å². The standard InChI is InChI=1S/C11H20O2S/c1-3-5-6-10(4-2)9-13-11(12)7-8-14/h8,10H,3-7,9H2,1-2H3. The van der Waals surface area contributed by atoms with Crippen LogP contribution in [0.15, 0.2) is 0 Å². The summed E-state index contributed by atoms with van der Waals surface area (Å²) in [4.78, 5) is 11.0.